The quantitative estimate of drug-likeness (QED) is 0.847. The molecule has 0 saturated heterocycles. The second-order valence-electron chi connectivity index (χ2n) is 3.45. The molecule has 0 aliphatic carbocycles. The second-order valence-corrected chi connectivity index (χ2v) is 3.45. The Morgan fingerprint density at radius 2 is 2.00 bits per heavy atom. The van der Waals surface area contributed by atoms with Crippen LogP contribution in [0, 0.1) is 11.3 Å². The van der Waals surface area contributed by atoms with Crippen LogP contribution in [0.3, 0.4) is 0 Å². The first-order valence-corrected chi connectivity index (χ1v) is 5.15. The van der Waals surface area contributed by atoms with Gasteiger partial charge in [-0.1, -0.05) is 0 Å². The molecule has 1 aromatic heterocycles. The summed E-state index contributed by atoms with van der Waals surface area (Å²) >= 11 is 0. The highest BCUT2D eigenvalue weighted by Crippen LogP contribution is 2.09. The second kappa shape index (κ2) is 5.04. The van der Waals surface area contributed by atoms with Gasteiger partial charge in [-0.05, 0) is 36.4 Å². The number of furan rings is 1. The summed E-state index contributed by atoms with van der Waals surface area (Å²) in [4.78, 5) is 0. The van der Waals surface area contributed by atoms with Crippen molar-refractivity contribution in [1.82, 2.24) is 0 Å². The predicted molar refractivity (Wildman–Crippen MR) is 62.1 cm³/mol. The third kappa shape index (κ3) is 2.64. The van der Waals surface area contributed by atoms with Gasteiger partial charge in [0.2, 0.25) is 0 Å². The Labute approximate surface area is 94.3 Å². The molecule has 0 unspecified atom stereocenters. The van der Waals surface area contributed by atoms with Gasteiger partial charge in [0.15, 0.2) is 0 Å². The van der Waals surface area contributed by atoms with E-state index in [4.69, 9.17) is 9.68 Å². The first kappa shape index (κ1) is 10.3. The summed E-state index contributed by atoms with van der Waals surface area (Å²) in [6, 6.07) is 13.3. The van der Waals surface area contributed by atoms with E-state index in [9.17, 15) is 0 Å². The summed E-state index contributed by atoms with van der Waals surface area (Å²) in [6.45, 7) is 0.819. The van der Waals surface area contributed by atoms with Crippen LogP contribution in [0.2, 0.25) is 0 Å². The zero-order chi connectivity index (χ0) is 11.2. The average molecular weight is 212 g/mol. The number of rotatable bonds is 4. The third-order valence-corrected chi connectivity index (χ3v) is 2.29. The Morgan fingerprint density at radius 1 is 1.19 bits per heavy atom. The maximum absolute atomic E-state index is 8.65. The molecule has 0 bridgehead atoms. The number of hydrogen-bond acceptors (Lipinski definition) is 3. The zero-order valence-corrected chi connectivity index (χ0v) is 8.81. The molecule has 2 rings (SSSR count). The minimum absolute atomic E-state index is 0.677. The van der Waals surface area contributed by atoms with Crippen LogP contribution in [0.1, 0.15) is 11.3 Å². The topological polar surface area (TPSA) is 49.0 Å². The van der Waals surface area contributed by atoms with Crippen LogP contribution in [0.5, 0.6) is 0 Å². The number of hydrogen-bond donors (Lipinski definition) is 1. The molecule has 3 heteroatoms. The molecule has 1 N–H and O–H groups in total. The fourth-order valence-electron chi connectivity index (χ4n) is 1.45. The number of benzene rings is 1. The summed E-state index contributed by atoms with van der Waals surface area (Å²) in [6.07, 6.45) is 2.53. The van der Waals surface area contributed by atoms with E-state index in [-0.39, 0.29) is 0 Å². The number of nitriles is 1. The Hall–Kier alpha value is -2.21. The summed E-state index contributed by atoms with van der Waals surface area (Å²) in [5.74, 6) is 0.973. The average Bonchev–Trinajstić information content (AvgIpc) is 2.83. The van der Waals surface area contributed by atoms with Gasteiger partial charge in [-0.15, -0.1) is 0 Å². The molecule has 1 aromatic carbocycles. The monoisotopic (exact) mass is 212 g/mol. The molecule has 80 valence electrons. The van der Waals surface area contributed by atoms with Crippen LogP contribution in [-0.4, -0.2) is 6.54 Å². The minimum Gasteiger partial charge on any atom is -0.469 e. The lowest BCUT2D eigenvalue weighted by molar-refractivity contribution is 0.513. The Bertz CT molecular complexity index is 466. The van der Waals surface area contributed by atoms with E-state index in [2.05, 4.69) is 11.4 Å². The first-order chi connectivity index (χ1) is 7.88. The fraction of sp³-hybridized carbons (Fsp3) is 0.154. The van der Waals surface area contributed by atoms with Gasteiger partial charge in [-0.25, -0.2) is 0 Å². The minimum atomic E-state index is 0.677. The fourth-order valence-corrected chi connectivity index (χ4v) is 1.45. The van der Waals surface area contributed by atoms with E-state index >= 15 is 0 Å². The summed E-state index contributed by atoms with van der Waals surface area (Å²) in [5.41, 5.74) is 1.70. The van der Waals surface area contributed by atoms with E-state index in [1.54, 1.807) is 18.4 Å². The van der Waals surface area contributed by atoms with Crippen molar-refractivity contribution in [2.24, 2.45) is 0 Å². The lowest BCUT2D eigenvalue weighted by Gasteiger charge is -2.04. The molecule has 0 aliphatic rings. The van der Waals surface area contributed by atoms with Crippen molar-refractivity contribution in [3.8, 4) is 6.07 Å². The lowest BCUT2D eigenvalue weighted by atomic mass is 10.2. The highest BCUT2D eigenvalue weighted by atomic mass is 16.3. The summed E-state index contributed by atoms with van der Waals surface area (Å²) < 4.78 is 5.22. The molecular formula is C13H12N2O. The highest BCUT2D eigenvalue weighted by Gasteiger charge is 1.96. The maximum Gasteiger partial charge on any atom is 0.105 e. The largest absolute Gasteiger partial charge is 0.469 e. The van der Waals surface area contributed by atoms with Crippen molar-refractivity contribution in [3.05, 3.63) is 54.0 Å². The van der Waals surface area contributed by atoms with Crippen LogP contribution in [0.25, 0.3) is 0 Å². The number of anilines is 1. The molecule has 0 amide bonds. The van der Waals surface area contributed by atoms with Crippen molar-refractivity contribution in [2.75, 3.05) is 11.9 Å². The lowest BCUT2D eigenvalue weighted by Crippen LogP contribution is -2.03. The van der Waals surface area contributed by atoms with Crippen LogP contribution in [0.15, 0.2) is 47.1 Å². The number of nitrogens with one attached hydrogen (secondary N) is 1. The van der Waals surface area contributed by atoms with Gasteiger partial charge in [0.25, 0.3) is 0 Å². The first-order valence-electron chi connectivity index (χ1n) is 5.15. The molecule has 0 radical (unpaired) electrons. The van der Waals surface area contributed by atoms with Gasteiger partial charge in [0.1, 0.15) is 5.76 Å². The van der Waals surface area contributed by atoms with Crippen molar-refractivity contribution < 1.29 is 4.42 Å². The van der Waals surface area contributed by atoms with Gasteiger partial charge in [0, 0.05) is 18.7 Å². The van der Waals surface area contributed by atoms with Crippen LogP contribution in [0.4, 0.5) is 5.69 Å². The SMILES string of the molecule is N#Cc1ccc(NCCc2ccco2)cc1. The van der Waals surface area contributed by atoms with Crippen molar-refractivity contribution in [1.29, 1.82) is 5.26 Å². The van der Waals surface area contributed by atoms with E-state index in [0.29, 0.717) is 5.56 Å². The van der Waals surface area contributed by atoms with E-state index < -0.39 is 0 Å². The van der Waals surface area contributed by atoms with Gasteiger partial charge in [0.05, 0.1) is 17.9 Å². The molecule has 3 nitrogen and oxygen atoms in total. The number of nitrogens with zero attached hydrogens (tertiary/aromatic N) is 1. The third-order valence-electron chi connectivity index (χ3n) is 2.29. The standard InChI is InChI=1S/C13H12N2O/c14-10-11-3-5-12(6-4-11)15-8-7-13-2-1-9-16-13/h1-6,9,15H,7-8H2. The van der Waals surface area contributed by atoms with E-state index in [1.165, 1.54) is 0 Å². The van der Waals surface area contributed by atoms with E-state index in [0.717, 1.165) is 24.4 Å². The van der Waals surface area contributed by atoms with E-state index in [1.807, 2.05) is 24.3 Å². The van der Waals surface area contributed by atoms with Crippen molar-refractivity contribution in [3.63, 3.8) is 0 Å². The predicted octanol–water partition coefficient (Wildman–Crippen LogP) is 2.81. The molecule has 0 atom stereocenters. The van der Waals surface area contributed by atoms with Gasteiger partial charge in [-0.2, -0.15) is 5.26 Å². The molecule has 2 aromatic rings. The molecule has 0 spiro atoms. The Kier molecular flexibility index (Phi) is 3.25. The van der Waals surface area contributed by atoms with Crippen LogP contribution < -0.4 is 5.32 Å². The zero-order valence-electron chi connectivity index (χ0n) is 8.81. The molecule has 0 aliphatic heterocycles. The normalized spacial score (nSPS) is 9.69. The van der Waals surface area contributed by atoms with Gasteiger partial charge >= 0.3 is 0 Å². The molecular weight excluding hydrogens is 200 g/mol. The molecule has 16 heavy (non-hydrogen) atoms. The smallest absolute Gasteiger partial charge is 0.105 e. The van der Waals surface area contributed by atoms with Crippen molar-refractivity contribution in [2.45, 2.75) is 6.42 Å². The van der Waals surface area contributed by atoms with Crippen LogP contribution >= 0.6 is 0 Å². The van der Waals surface area contributed by atoms with Gasteiger partial charge in [-0.3, -0.25) is 0 Å². The van der Waals surface area contributed by atoms with Crippen LogP contribution in [-0.2, 0) is 6.42 Å². The molecule has 1 heterocycles. The van der Waals surface area contributed by atoms with Gasteiger partial charge < -0.3 is 9.73 Å². The highest BCUT2D eigenvalue weighted by molar-refractivity contribution is 5.47. The summed E-state index contributed by atoms with van der Waals surface area (Å²) in [7, 11) is 0. The molecule has 0 fully saturated rings. The summed E-state index contributed by atoms with van der Waals surface area (Å²) in [5, 5.41) is 11.9. The van der Waals surface area contributed by atoms with Crippen molar-refractivity contribution >= 4 is 5.69 Å². The Morgan fingerprint density at radius 3 is 2.62 bits per heavy atom. The molecule has 0 saturated carbocycles. The maximum atomic E-state index is 8.65. The Balaban J connectivity index is 1.83.